The quantitative estimate of drug-likeness (QED) is 0.803. The van der Waals surface area contributed by atoms with Crippen LogP contribution in [-0.4, -0.2) is 32.2 Å². The van der Waals surface area contributed by atoms with Crippen molar-refractivity contribution in [1.29, 1.82) is 0 Å². The summed E-state index contributed by atoms with van der Waals surface area (Å²) >= 11 is 1.67. The zero-order chi connectivity index (χ0) is 15.9. The molecule has 2 aromatic rings. The first kappa shape index (κ1) is 16.8. The van der Waals surface area contributed by atoms with E-state index in [0.29, 0.717) is 0 Å². The van der Waals surface area contributed by atoms with Crippen molar-refractivity contribution in [1.82, 2.24) is 10.3 Å². The second-order valence-corrected chi connectivity index (χ2v) is 6.06. The molecule has 0 spiro atoms. The molecule has 0 radical (unpaired) electrons. The summed E-state index contributed by atoms with van der Waals surface area (Å²) in [6, 6.07) is 6.39. The molecule has 0 unspecified atom stereocenters. The summed E-state index contributed by atoms with van der Waals surface area (Å²) in [6.45, 7) is 7.24. The highest BCUT2D eigenvalue weighted by molar-refractivity contribution is 7.09. The zero-order valence-corrected chi connectivity index (χ0v) is 14.7. The lowest BCUT2D eigenvalue weighted by atomic mass is 10.1. The van der Waals surface area contributed by atoms with Crippen LogP contribution in [0.25, 0.3) is 11.3 Å². The maximum absolute atomic E-state index is 5.60. The number of thiazole rings is 1. The van der Waals surface area contributed by atoms with E-state index < -0.39 is 0 Å². The average Bonchev–Trinajstić information content (AvgIpc) is 3.00. The SMILES string of the molecule is CCCN(CC)c1ccc(-c2csc(CNC)n2)c(OC)c1. The van der Waals surface area contributed by atoms with Crippen molar-refractivity contribution in [3.8, 4) is 17.0 Å². The minimum Gasteiger partial charge on any atom is -0.496 e. The summed E-state index contributed by atoms with van der Waals surface area (Å²) in [4.78, 5) is 7.03. The molecule has 1 N–H and O–H groups in total. The Morgan fingerprint density at radius 1 is 1.32 bits per heavy atom. The van der Waals surface area contributed by atoms with Crippen LogP contribution in [0.15, 0.2) is 23.6 Å². The predicted molar refractivity (Wildman–Crippen MR) is 95.0 cm³/mol. The van der Waals surface area contributed by atoms with Gasteiger partial charge in [0.05, 0.1) is 12.8 Å². The number of methoxy groups -OCH3 is 1. The maximum Gasteiger partial charge on any atom is 0.130 e. The third-order valence-electron chi connectivity index (χ3n) is 3.58. The Kier molecular flexibility index (Phi) is 6.21. The number of ether oxygens (including phenoxy) is 1. The highest BCUT2D eigenvalue weighted by atomic mass is 32.1. The Bertz CT molecular complexity index is 597. The number of rotatable bonds is 8. The minimum absolute atomic E-state index is 0.797. The molecule has 0 saturated carbocycles. The molecule has 5 heteroatoms. The molecule has 0 amide bonds. The number of hydrogen-bond donors (Lipinski definition) is 1. The fraction of sp³-hybridized carbons (Fsp3) is 0.471. The largest absolute Gasteiger partial charge is 0.496 e. The van der Waals surface area contributed by atoms with Gasteiger partial charge < -0.3 is 15.0 Å². The predicted octanol–water partition coefficient (Wildman–Crippen LogP) is 3.77. The molecule has 0 aliphatic carbocycles. The fourth-order valence-corrected chi connectivity index (χ4v) is 3.30. The fourth-order valence-electron chi connectivity index (χ4n) is 2.49. The summed E-state index contributed by atoms with van der Waals surface area (Å²) in [5.41, 5.74) is 3.24. The van der Waals surface area contributed by atoms with E-state index in [-0.39, 0.29) is 0 Å². The van der Waals surface area contributed by atoms with Gasteiger partial charge in [-0.3, -0.25) is 0 Å². The van der Waals surface area contributed by atoms with Gasteiger partial charge in [0.15, 0.2) is 0 Å². The van der Waals surface area contributed by atoms with Crippen molar-refractivity contribution >= 4 is 17.0 Å². The molecule has 0 aliphatic heterocycles. The van der Waals surface area contributed by atoms with Gasteiger partial charge in [-0.25, -0.2) is 4.98 Å². The van der Waals surface area contributed by atoms with Crippen LogP contribution in [0.2, 0.25) is 0 Å². The molecule has 2 rings (SSSR count). The van der Waals surface area contributed by atoms with Crippen LogP contribution in [-0.2, 0) is 6.54 Å². The number of nitrogens with one attached hydrogen (secondary N) is 1. The Balaban J connectivity index is 2.32. The zero-order valence-electron chi connectivity index (χ0n) is 13.8. The number of hydrogen-bond acceptors (Lipinski definition) is 5. The van der Waals surface area contributed by atoms with Gasteiger partial charge in [0.25, 0.3) is 0 Å². The topological polar surface area (TPSA) is 37.4 Å². The normalized spacial score (nSPS) is 10.7. The van der Waals surface area contributed by atoms with Crippen LogP contribution < -0.4 is 15.0 Å². The molecule has 1 aromatic carbocycles. The third kappa shape index (κ3) is 3.78. The second-order valence-electron chi connectivity index (χ2n) is 5.12. The second kappa shape index (κ2) is 8.15. The van der Waals surface area contributed by atoms with E-state index in [2.05, 4.69) is 52.6 Å². The highest BCUT2D eigenvalue weighted by Crippen LogP contribution is 2.34. The number of aromatic nitrogens is 1. The lowest BCUT2D eigenvalue weighted by molar-refractivity contribution is 0.416. The van der Waals surface area contributed by atoms with E-state index in [1.165, 1.54) is 5.69 Å². The Hall–Kier alpha value is -1.59. The van der Waals surface area contributed by atoms with E-state index in [1.807, 2.05) is 7.05 Å². The Morgan fingerprint density at radius 3 is 2.77 bits per heavy atom. The molecular weight excluding hydrogens is 294 g/mol. The van der Waals surface area contributed by atoms with Crippen molar-refractivity contribution in [2.75, 3.05) is 32.1 Å². The van der Waals surface area contributed by atoms with Gasteiger partial charge in [-0.15, -0.1) is 11.3 Å². The molecule has 120 valence electrons. The molecule has 1 aromatic heterocycles. The van der Waals surface area contributed by atoms with E-state index in [1.54, 1.807) is 18.4 Å². The Morgan fingerprint density at radius 2 is 2.14 bits per heavy atom. The Labute approximate surface area is 137 Å². The first-order valence-corrected chi connectivity index (χ1v) is 8.63. The van der Waals surface area contributed by atoms with Gasteiger partial charge in [0, 0.05) is 42.3 Å². The molecule has 0 aliphatic rings. The van der Waals surface area contributed by atoms with Crippen molar-refractivity contribution in [2.24, 2.45) is 0 Å². The molecule has 0 bridgehead atoms. The van der Waals surface area contributed by atoms with E-state index in [9.17, 15) is 0 Å². The van der Waals surface area contributed by atoms with Gasteiger partial charge in [0.1, 0.15) is 10.8 Å². The average molecular weight is 319 g/mol. The van der Waals surface area contributed by atoms with Crippen molar-refractivity contribution in [2.45, 2.75) is 26.8 Å². The highest BCUT2D eigenvalue weighted by Gasteiger charge is 2.12. The van der Waals surface area contributed by atoms with E-state index in [4.69, 9.17) is 4.74 Å². The van der Waals surface area contributed by atoms with Crippen LogP contribution in [0, 0.1) is 0 Å². The van der Waals surface area contributed by atoms with Gasteiger partial charge in [-0.2, -0.15) is 0 Å². The standard InChI is InChI=1S/C17H25N3OS/c1-5-9-20(6-2)13-7-8-14(16(10-13)21-4)15-12-22-17(19-15)11-18-3/h7-8,10,12,18H,5-6,9,11H2,1-4H3. The third-order valence-corrected chi connectivity index (χ3v) is 4.43. The number of benzene rings is 1. The maximum atomic E-state index is 5.60. The van der Waals surface area contributed by atoms with Gasteiger partial charge >= 0.3 is 0 Å². The van der Waals surface area contributed by atoms with Crippen LogP contribution in [0.3, 0.4) is 0 Å². The van der Waals surface area contributed by atoms with E-state index in [0.717, 1.165) is 48.1 Å². The smallest absolute Gasteiger partial charge is 0.130 e. The van der Waals surface area contributed by atoms with Crippen molar-refractivity contribution in [3.63, 3.8) is 0 Å². The summed E-state index contributed by atoms with van der Waals surface area (Å²) in [7, 11) is 3.66. The molecule has 0 atom stereocenters. The summed E-state index contributed by atoms with van der Waals surface area (Å²) < 4.78 is 5.60. The molecule has 22 heavy (non-hydrogen) atoms. The lowest BCUT2D eigenvalue weighted by Crippen LogP contribution is -2.23. The van der Waals surface area contributed by atoms with Crippen LogP contribution >= 0.6 is 11.3 Å². The minimum atomic E-state index is 0.797. The van der Waals surface area contributed by atoms with Crippen molar-refractivity contribution in [3.05, 3.63) is 28.6 Å². The van der Waals surface area contributed by atoms with Crippen molar-refractivity contribution < 1.29 is 4.74 Å². The van der Waals surface area contributed by atoms with Crippen LogP contribution in [0.5, 0.6) is 5.75 Å². The molecule has 4 nitrogen and oxygen atoms in total. The van der Waals surface area contributed by atoms with Crippen LogP contribution in [0.1, 0.15) is 25.3 Å². The molecule has 0 fully saturated rings. The number of nitrogens with zero attached hydrogens (tertiary/aromatic N) is 2. The summed E-state index contributed by atoms with van der Waals surface area (Å²) in [5.74, 6) is 0.883. The number of anilines is 1. The molecular formula is C17H25N3OS. The van der Waals surface area contributed by atoms with Gasteiger partial charge in [-0.1, -0.05) is 6.92 Å². The first-order chi connectivity index (χ1) is 10.7. The van der Waals surface area contributed by atoms with E-state index >= 15 is 0 Å². The summed E-state index contributed by atoms with van der Waals surface area (Å²) in [6.07, 6.45) is 1.14. The summed E-state index contributed by atoms with van der Waals surface area (Å²) in [5, 5.41) is 6.31. The molecule has 0 saturated heterocycles. The molecule has 1 heterocycles. The monoisotopic (exact) mass is 319 g/mol. The van der Waals surface area contributed by atoms with Crippen LogP contribution in [0.4, 0.5) is 5.69 Å². The first-order valence-electron chi connectivity index (χ1n) is 7.75. The van der Waals surface area contributed by atoms with Gasteiger partial charge in [0.2, 0.25) is 0 Å². The lowest BCUT2D eigenvalue weighted by Gasteiger charge is -2.23. The van der Waals surface area contributed by atoms with Gasteiger partial charge in [-0.05, 0) is 32.5 Å².